The molecule has 0 spiro atoms. The maximum atomic E-state index is 10.4. The molecule has 0 saturated heterocycles. The normalized spacial score (nSPS) is 16.0. The summed E-state index contributed by atoms with van der Waals surface area (Å²) in [6.07, 6.45) is 4.84. The van der Waals surface area contributed by atoms with Crippen LogP contribution >= 0.6 is 0 Å². The van der Waals surface area contributed by atoms with E-state index in [1.165, 1.54) is 0 Å². The number of allylic oxidation sites excluding steroid dienone is 2. The highest BCUT2D eigenvalue weighted by molar-refractivity contribution is 5.74. The topological polar surface area (TPSA) is 81.1 Å². The van der Waals surface area contributed by atoms with Crippen molar-refractivity contribution in [1.29, 1.82) is 0 Å². The molecule has 5 N–H and O–H groups in total. The van der Waals surface area contributed by atoms with Gasteiger partial charge in [-0.25, -0.2) is 0 Å². The van der Waals surface area contributed by atoms with Crippen LogP contribution in [0.3, 0.4) is 0 Å². The minimum absolute atomic E-state index is 0.265. The van der Waals surface area contributed by atoms with Crippen LogP contribution in [0.5, 0.6) is 0 Å². The maximum absolute atomic E-state index is 10.4. The van der Waals surface area contributed by atoms with E-state index in [0.29, 0.717) is 18.7 Å². The fourth-order valence-electron chi connectivity index (χ4n) is 0.997. The van der Waals surface area contributed by atoms with Crippen molar-refractivity contribution >= 4 is 5.91 Å². The Bertz CT molecular complexity index is 243. The van der Waals surface area contributed by atoms with Crippen molar-refractivity contribution in [3.05, 3.63) is 23.5 Å². The molecule has 1 rings (SSSR count). The average Bonchev–Trinajstić information content (AvgIpc) is 2.03. The molecule has 0 aromatic rings. The van der Waals surface area contributed by atoms with E-state index < -0.39 is 0 Å². The number of amides is 1. The first kappa shape index (κ1) is 8.64. The maximum Gasteiger partial charge on any atom is 0.217 e. The van der Waals surface area contributed by atoms with Crippen LogP contribution in [-0.2, 0) is 4.79 Å². The standard InChI is InChI=1S/C8H13N3O/c9-7-3-1-6(5-11-7)2-4-8(10)12/h1,3,11H,2,4-5,9H2,(H2,10,12). The molecule has 4 heteroatoms. The summed E-state index contributed by atoms with van der Waals surface area (Å²) in [6.45, 7) is 0.718. The lowest BCUT2D eigenvalue weighted by molar-refractivity contribution is -0.117. The number of dihydropyridines is 1. The van der Waals surface area contributed by atoms with E-state index in [0.717, 1.165) is 12.1 Å². The number of rotatable bonds is 3. The van der Waals surface area contributed by atoms with E-state index in [1.807, 2.05) is 6.08 Å². The van der Waals surface area contributed by atoms with Gasteiger partial charge >= 0.3 is 0 Å². The van der Waals surface area contributed by atoms with Crippen LogP contribution < -0.4 is 16.8 Å². The van der Waals surface area contributed by atoms with E-state index in [4.69, 9.17) is 11.5 Å². The van der Waals surface area contributed by atoms with Gasteiger partial charge in [0.05, 0.1) is 5.82 Å². The predicted octanol–water partition coefficient (Wildman–Crippen LogP) is -0.418. The van der Waals surface area contributed by atoms with Crippen molar-refractivity contribution in [1.82, 2.24) is 5.32 Å². The fraction of sp³-hybridized carbons (Fsp3) is 0.375. The quantitative estimate of drug-likeness (QED) is 0.534. The molecule has 1 heterocycles. The highest BCUT2D eigenvalue weighted by Crippen LogP contribution is 2.07. The average molecular weight is 167 g/mol. The van der Waals surface area contributed by atoms with Crippen LogP contribution in [0.25, 0.3) is 0 Å². The Balaban J connectivity index is 2.39. The second-order valence-corrected chi connectivity index (χ2v) is 2.77. The Kier molecular flexibility index (Phi) is 2.74. The van der Waals surface area contributed by atoms with Crippen molar-refractivity contribution in [2.75, 3.05) is 6.54 Å². The van der Waals surface area contributed by atoms with Gasteiger partial charge in [-0.2, -0.15) is 0 Å². The summed E-state index contributed by atoms with van der Waals surface area (Å²) in [5.74, 6) is 0.399. The van der Waals surface area contributed by atoms with Gasteiger partial charge in [0, 0.05) is 13.0 Å². The van der Waals surface area contributed by atoms with Crippen molar-refractivity contribution in [3.63, 3.8) is 0 Å². The molecule has 0 unspecified atom stereocenters. The minimum Gasteiger partial charge on any atom is -0.386 e. The van der Waals surface area contributed by atoms with E-state index in [-0.39, 0.29) is 5.91 Å². The number of nitrogens with one attached hydrogen (secondary N) is 1. The highest BCUT2D eigenvalue weighted by Gasteiger charge is 2.03. The second kappa shape index (κ2) is 3.80. The van der Waals surface area contributed by atoms with E-state index >= 15 is 0 Å². The smallest absolute Gasteiger partial charge is 0.217 e. The summed E-state index contributed by atoms with van der Waals surface area (Å²) in [5, 5.41) is 2.97. The summed E-state index contributed by atoms with van der Waals surface area (Å²) in [4.78, 5) is 10.4. The monoisotopic (exact) mass is 167 g/mol. The molecular formula is C8H13N3O. The highest BCUT2D eigenvalue weighted by atomic mass is 16.1. The summed E-state index contributed by atoms with van der Waals surface area (Å²) < 4.78 is 0. The first-order chi connectivity index (χ1) is 5.68. The predicted molar refractivity (Wildman–Crippen MR) is 46.8 cm³/mol. The summed E-state index contributed by atoms with van der Waals surface area (Å²) in [5.41, 5.74) is 11.6. The molecule has 4 nitrogen and oxygen atoms in total. The van der Waals surface area contributed by atoms with Crippen LogP contribution in [-0.4, -0.2) is 12.5 Å². The van der Waals surface area contributed by atoms with Crippen LogP contribution in [0.2, 0.25) is 0 Å². The summed E-state index contributed by atoms with van der Waals surface area (Å²) in [7, 11) is 0. The van der Waals surface area contributed by atoms with E-state index in [2.05, 4.69) is 5.32 Å². The number of nitrogens with two attached hydrogens (primary N) is 2. The van der Waals surface area contributed by atoms with Gasteiger partial charge in [0.1, 0.15) is 0 Å². The minimum atomic E-state index is -0.265. The van der Waals surface area contributed by atoms with Gasteiger partial charge < -0.3 is 16.8 Å². The zero-order valence-electron chi connectivity index (χ0n) is 6.84. The summed E-state index contributed by atoms with van der Waals surface area (Å²) >= 11 is 0. The molecule has 0 atom stereocenters. The molecule has 0 bridgehead atoms. The van der Waals surface area contributed by atoms with Crippen LogP contribution in [0.15, 0.2) is 23.5 Å². The molecular weight excluding hydrogens is 154 g/mol. The number of carbonyl (C=O) groups excluding carboxylic acids is 1. The van der Waals surface area contributed by atoms with Gasteiger partial charge in [0.15, 0.2) is 0 Å². The molecule has 0 saturated carbocycles. The lowest BCUT2D eigenvalue weighted by atomic mass is 10.1. The van der Waals surface area contributed by atoms with E-state index in [9.17, 15) is 4.79 Å². The van der Waals surface area contributed by atoms with Gasteiger partial charge in [-0.15, -0.1) is 0 Å². The van der Waals surface area contributed by atoms with Crippen molar-refractivity contribution in [2.45, 2.75) is 12.8 Å². The molecule has 1 amide bonds. The molecule has 0 aliphatic carbocycles. The van der Waals surface area contributed by atoms with E-state index in [1.54, 1.807) is 6.08 Å². The first-order valence-electron chi connectivity index (χ1n) is 3.86. The molecule has 1 aliphatic heterocycles. The Hall–Kier alpha value is -1.45. The van der Waals surface area contributed by atoms with Gasteiger partial charge in [-0.05, 0) is 12.5 Å². The fourth-order valence-corrected chi connectivity index (χ4v) is 0.997. The molecule has 12 heavy (non-hydrogen) atoms. The van der Waals surface area contributed by atoms with Crippen LogP contribution in [0.4, 0.5) is 0 Å². The molecule has 0 fully saturated rings. The molecule has 0 radical (unpaired) electrons. The van der Waals surface area contributed by atoms with Gasteiger partial charge in [0.25, 0.3) is 0 Å². The second-order valence-electron chi connectivity index (χ2n) is 2.77. The SMILES string of the molecule is NC(=O)CCC1=CC=C(N)NC1. The molecule has 0 aromatic heterocycles. The van der Waals surface area contributed by atoms with Crippen molar-refractivity contribution in [3.8, 4) is 0 Å². The largest absolute Gasteiger partial charge is 0.386 e. The van der Waals surface area contributed by atoms with Crippen molar-refractivity contribution in [2.24, 2.45) is 11.5 Å². The zero-order chi connectivity index (χ0) is 8.97. The lowest BCUT2D eigenvalue weighted by Crippen LogP contribution is -2.25. The Morgan fingerprint density at radius 3 is 2.83 bits per heavy atom. The Labute approximate surface area is 71.3 Å². The van der Waals surface area contributed by atoms with Gasteiger partial charge in [-0.1, -0.05) is 11.6 Å². The molecule has 1 aliphatic rings. The third kappa shape index (κ3) is 2.65. The number of primary amides is 1. The lowest BCUT2D eigenvalue weighted by Gasteiger charge is -2.13. The number of hydrogen-bond donors (Lipinski definition) is 3. The van der Waals surface area contributed by atoms with Crippen molar-refractivity contribution < 1.29 is 4.79 Å². The Morgan fingerprint density at radius 2 is 2.33 bits per heavy atom. The van der Waals surface area contributed by atoms with Crippen LogP contribution in [0, 0.1) is 0 Å². The van der Waals surface area contributed by atoms with Gasteiger partial charge in [-0.3, -0.25) is 4.79 Å². The Morgan fingerprint density at radius 1 is 1.58 bits per heavy atom. The number of carbonyl (C=O) groups is 1. The third-order valence-electron chi connectivity index (χ3n) is 1.71. The molecule has 0 aromatic carbocycles. The third-order valence-corrected chi connectivity index (χ3v) is 1.71. The molecule has 66 valence electrons. The number of hydrogen-bond acceptors (Lipinski definition) is 3. The van der Waals surface area contributed by atoms with Gasteiger partial charge in [0.2, 0.25) is 5.91 Å². The zero-order valence-corrected chi connectivity index (χ0v) is 6.84. The first-order valence-corrected chi connectivity index (χ1v) is 3.86. The van der Waals surface area contributed by atoms with Crippen LogP contribution in [0.1, 0.15) is 12.8 Å². The summed E-state index contributed by atoms with van der Waals surface area (Å²) in [6, 6.07) is 0.